The van der Waals surface area contributed by atoms with Gasteiger partial charge in [0.05, 0.1) is 11.1 Å². The summed E-state index contributed by atoms with van der Waals surface area (Å²) in [5, 5.41) is 0. The number of halogens is 1. The number of rotatable bonds is 2. The van der Waals surface area contributed by atoms with Crippen molar-refractivity contribution in [2.24, 2.45) is 12.0 Å². The Morgan fingerprint density at radius 2 is 1.76 bits per heavy atom. The first-order chi connectivity index (χ1) is 9.78. The first-order valence-electron chi connectivity index (χ1n) is 6.02. The van der Waals surface area contributed by atoms with Gasteiger partial charge in [0.25, 0.3) is 10.0 Å². The number of aryl methyl sites for hydroxylation is 1. The van der Waals surface area contributed by atoms with Crippen LogP contribution in [0.4, 0.5) is 4.39 Å². The lowest BCUT2D eigenvalue weighted by molar-refractivity contribution is 0.537. The molecule has 0 saturated carbocycles. The maximum atomic E-state index is 13.9. The Hall–Kier alpha value is -2.22. The summed E-state index contributed by atoms with van der Waals surface area (Å²) >= 11 is 0. The summed E-state index contributed by atoms with van der Waals surface area (Å²) in [7, 11) is -1.58. The molecule has 0 radical (unpaired) electrons. The highest BCUT2D eigenvalue weighted by Crippen LogP contribution is 2.12. The zero-order valence-electron chi connectivity index (χ0n) is 11.7. The van der Waals surface area contributed by atoms with Crippen LogP contribution in [0.2, 0.25) is 0 Å². The normalized spacial score (nSPS) is 12.7. The maximum Gasteiger partial charge on any atom is 0.343 e. The molecule has 0 saturated heterocycles. The summed E-state index contributed by atoms with van der Waals surface area (Å²) in [5.74, 6) is -0.893. The van der Waals surface area contributed by atoms with Crippen LogP contribution < -0.4 is 11.2 Å². The van der Waals surface area contributed by atoms with Crippen molar-refractivity contribution in [1.82, 2.24) is 8.54 Å². The van der Waals surface area contributed by atoms with Crippen LogP contribution in [0.3, 0.4) is 0 Å². The largest absolute Gasteiger partial charge is 0.343 e. The molecule has 112 valence electrons. The summed E-state index contributed by atoms with van der Waals surface area (Å²) in [4.78, 5) is 15.6. The topological polar surface area (TPSA) is 73.4 Å². The van der Waals surface area contributed by atoms with Crippen LogP contribution in [0.5, 0.6) is 0 Å². The van der Waals surface area contributed by atoms with E-state index >= 15 is 0 Å². The molecule has 0 aliphatic heterocycles. The molecule has 1 heterocycles. The monoisotopic (exact) mass is 311 g/mol. The van der Waals surface area contributed by atoms with Gasteiger partial charge in [0.15, 0.2) is 11.3 Å². The van der Waals surface area contributed by atoms with Crippen molar-refractivity contribution in [2.45, 2.75) is 11.8 Å². The van der Waals surface area contributed by atoms with Crippen molar-refractivity contribution in [1.29, 1.82) is 0 Å². The Morgan fingerprint density at radius 1 is 1.19 bits per heavy atom. The lowest BCUT2D eigenvalue weighted by Crippen LogP contribution is -2.42. The number of benzene rings is 1. The lowest BCUT2D eigenvalue weighted by atomic mass is 10.2. The van der Waals surface area contributed by atoms with Gasteiger partial charge in [0, 0.05) is 14.1 Å². The third-order valence-electron chi connectivity index (χ3n) is 3.03. The summed E-state index contributed by atoms with van der Waals surface area (Å²) in [6.45, 7) is 1.81. The maximum absolute atomic E-state index is 13.9. The van der Waals surface area contributed by atoms with Gasteiger partial charge in [-0.15, -0.1) is 0 Å². The molecule has 0 atom stereocenters. The number of aromatic nitrogens is 2. The van der Waals surface area contributed by atoms with E-state index in [1.165, 1.54) is 26.2 Å². The van der Waals surface area contributed by atoms with Gasteiger partial charge >= 0.3 is 5.69 Å². The second-order valence-corrected chi connectivity index (χ2v) is 6.29. The van der Waals surface area contributed by atoms with Crippen molar-refractivity contribution in [3.8, 4) is 0 Å². The van der Waals surface area contributed by atoms with Crippen molar-refractivity contribution < 1.29 is 12.8 Å². The highest BCUT2D eigenvalue weighted by atomic mass is 32.2. The van der Waals surface area contributed by atoms with Crippen LogP contribution in [0.1, 0.15) is 5.56 Å². The van der Waals surface area contributed by atoms with Crippen molar-refractivity contribution in [3.05, 3.63) is 57.8 Å². The van der Waals surface area contributed by atoms with Gasteiger partial charge in [-0.3, -0.25) is 9.56 Å². The minimum absolute atomic E-state index is 0.0872. The van der Waals surface area contributed by atoms with E-state index in [4.69, 9.17) is 0 Å². The van der Waals surface area contributed by atoms with Gasteiger partial charge in [-0.05, 0) is 19.1 Å². The molecule has 0 unspecified atom stereocenters. The number of nitrogens with zero attached hydrogens (tertiary/aromatic N) is 3. The van der Waals surface area contributed by atoms with Crippen LogP contribution >= 0.6 is 0 Å². The van der Waals surface area contributed by atoms with Gasteiger partial charge < -0.3 is 0 Å². The standard InChI is InChI=1S/C13H14FN3O3S/c1-9-4-6-10(7-5-9)21(19,20)17-8-11(14)12(15-2)16(3)13(17)18/h4-8H,1-3H3/b15-12+. The van der Waals surface area contributed by atoms with Crippen LogP contribution in [0.15, 0.2) is 45.1 Å². The fourth-order valence-corrected chi connectivity index (χ4v) is 3.13. The Balaban J connectivity index is 2.78. The second-order valence-electron chi connectivity index (χ2n) is 4.48. The van der Waals surface area contributed by atoms with E-state index in [-0.39, 0.29) is 10.4 Å². The van der Waals surface area contributed by atoms with Gasteiger partial charge in [-0.1, -0.05) is 17.7 Å². The average Bonchev–Trinajstić information content (AvgIpc) is 2.43. The van der Waals surface area contributed by atoms with E-state index in [2.05, 4.69) is 4.99 Å². The third-order valence-corrected chi connectivity index (χ3v) is 4.67. The Morgan fingerprint density at radius 3 is 2.29 bits per heavy atom. The highest BCUT2D eigenvalue weighted by Gasteiger charge is 2.21. The van der Waals surface area contributed by atoms with Crippen LogP contribution in [0, 0.1) is 12.7 Å². The molecule has 0 bridgehead atoms. The highest BCUT2D eigenvalue weighted by molar-refractivity contribution is 7.90. The van der Waals surface area contributed by atoms with Crippen molar-refractivity contribution in [2.75, 3.05) is 7.05 Å². The fraction of sp³-hybridized carbons (Fsp3) is 0.231. The average molecular weight is 311 g/mol. The van der Waals surface area contributed by atoms with E-state index in [1.54, 1.807) is 19.1 Å². The van der Waals surface area contributed by atoms with Gasteiger partial charge in [0.2, 0.25) is 0 Å². The first kappa shape index (κ1) is 15.2. The van der Waals surface area contributed by atoms with Gasteiger partial charge in [-0.2, -0.15) is 3.97 Å². The summed E-state index contributed by atoms with van der Waals surface area (Å²) < 4.78 is 39.9. The van der Waals surface area contributed by atoms with Gasteiger partial charge in [-0.25, -0.2) is 17.6 Å². The van der Waals surface area contributed by atoms with Crippen LogP contribution in [0.25, 0.3) is 0 Å². The molecule has 0 aliphatic rings. The molecule has 0 aliphatic carbocycles. The molecule has 2 rings (SSSR count). The molecular formula is C13H14FN3O3S. The molecule has 0 spiro atoms. The summed E-state index contributed by atoms with van der Waals surface area (Å²) in [5.41, 5.74) is -0.230. The van der Waals surface area contributed by atoms with Crippen LogP contribution in [-0.4, -0.2) is 24.0 Å². The van der Waals surface area contributed by atoms with E-state index in [9.17, 15) is 17.6 Å². The lowest BCUT2D eigenvalue weighted by Gasteiger charge is -2.10. The fourth-order valence-electron chi connectivity index (χ4n) is 1.87. The number of hydrogen-bond acceptors (Lipinski definition) is 4. The molecule has 2 aromatic rings. The molecule has 0 amide bonds. The van der Waals surface area contributed by atoms with Gasteiger partial charge in [0.1, 0.15) is 0 Å². The Kier molecular flexibility index (Phi) is 3.82. The predicted octanol–water partition coefficient (Wildman–Crippen LogP) is 0.402. The van der Waals surface area contributed by atoms with Crippen LogP contribution in [-0.2, 0) is 17.1 Å². The third kappa shape index (κ3) is 2.54. The zero-order chi connectivity index (χ0) is 15.8. The van der Waals surface area contributed by atoms with Crippen molar-refractivity contribution in [3.63, 3.8) is 0 Å². The molecule has 0 fully saturated rings. The molecule has 1 aromatic carbocycles. The quantitative estimate of drug-likeness (QED) is 0.806. The SMILES string of the molecule is C/N=c1\c(F)cn(S(=O)(=O)c2ccc(C)cc2)c(=O)n1C. The van der Waals surface area contributed by atoms with E-state index in [1.807, 2.05) is 0 Å². The van der Waals surface area contributed by atoms with E-state index in [0.29, 0.717) is 10.2 Å². The molecular weight excluding hydrogens is 297 g/mol. The Labute approximate surface area is 120 Å². The Bertz CT molecular complexity index is 909. The molecule has 6 nitrogen and oxygen atoms in total. The molecule has 8 heteroatoms. The second kappa shape index (κ2) is 5.28. The summed E-state index contributed by atoms with van der Waals surface area (Å²) in [6, 6.07) is 5.94. The molecule has 1 aromatic heterocycles. The molecule has 0 N–H and O–H groups in total. The minimum Gasteiger partial charge on any atom is -0.278 e. The van der Waals surface area contributed by atoms with E-state index < -0.39 is 21.5 Å². The molecule has 21 heavy (non-hydrogen) atoms. The minimum atomic E-state index is -4.15. The number of hydrogen-bond donors (Lipinski definition) is 0. The first-order valence-corrected chi connectivity index (χ1v) is 7.46. The smallest absolute Gasteiger partial charge is 0.278 e. The predicted molar refractivity (Wildman–Crippen MR) is 74.9 cm³/mol. The summed E-state index contributed by atoms with van der Waals surface area (Å²) in [6.07, 6.45) is 0.639. The van der Waals surface area contributed by atoms with Crippen molar-refractivity contribution >= 4 is 10.0 Å². The van der Waals surface area contributed by atoms with E-state index in [0.717, 1.165) is 10.1 Å². The zero-order valence-corrected chi connectivity index (χ0v) is 12.6.